The van der Waals surface area contributed by atoms with Gasteiger partial charge in [0, 0.05) is 15.6 Å². The summed E-state index contributed by atoms with van der Waals surface area (Å²) in [6.07, 6.45) is 3.00. The van der Waals surface area contributed by atoms with Gasteiger partial charge in [-0.3, -0.25) is 4.79 Å². The molecule has 0 spiro atoms. The third-order valence-electron chi connectivity index (χ3n) is 4.05. The monoisotopic (exact) mass is 400 g/mol. The molecule has 1 atom stereocenters. The average Bonchev–Trinajstić information content (AvgIpc) is 3.32. The maximum absolute atomic E-state index is 12.7. The van der Waals surface area contributed by atoms with Crippen LogP contribution in [0, 0.1) is 0 Å². The summed E-state index contributed by atoms with van der Waals surface area (Å²) in [6.45, 7) is 0. The average molecular weight is 401 g/mol. The number of hydrogen-bond donors (Lipinski definition) is 3. The zero-order valence-corrected chi connectivity index (χ0v) is 15.3. The van der Waals surface area contributed by atoms with Crippen LogP contribution in [0.25, 0.3) is 0 Å². The standard InChI is InChI=1S/C18H13ClN4O3S/c19-10-3-5-11(6-4-10)21-17(24)12-9-20-23-14(15-2-1-7-27-15)8-13(18(25)26)22-16(12)23/h1-9,14,22H,(H,21,24)(H,25,26)/t14-/m0/s1. The van der Waals surface area contributed by atoms with Crippen LogP contribution >= 0.6 is 22.9 Å². The summed E-state index contributed by atoms with van der Waals surface area (Å²) in [6, 6.07) is 10.1. The van der Waals surface area contributed by atoms with Gasteiger partial charge in [-0.1, -0.05) is 17.7 Å². The van der Waals surface area contributed by atoms with E-state index in [2.05, 4.69) is 15.7 Å². The molecule has 1 aromatic carbocycles. The van der Waals surface area contributed by atoms with Crippen molar-refractivity contribution in [1.29, 1.82) is 0 Å². The number of carboxylic acid groups (broad SMARTS) is 1. The highest BCUT2D eigenvalue weighted by Gasteiger charge is 2.29. The molecule has 3 heterocycles. The van der Waals surface area contributed by atoms with Crippen molar-refractivity contribution in [2.45, 2.75) is 6.04 Å². The van der Waals surface area contributed by atoms with E-state index >= 15 is 0 Å². The van der Waals surface area contributed by atoms with Crippen LogP contribution in [0.15, 0.2) is 59.7 Å². The third kappa shape index (κ3) is 3.32. The summed E-state index contributed by atoms with van der Waals surface area (Å²) < 4.78 is 1.61. The lowest BCUT2D eigenvalue weighted by molar-refractivity contribution is -0.132. The second-order valence-corrected chi connectivity index (χ2v) is 7.20. The number of carbonyl (C=O) groups excluding carboxylic acids is 1. The minimum Gasteiger partial charge on any atom is -0.477 e. The number of aliphatic carboxylic acids is 1. The van der Waals surface area contributed by atoms with Gasteiger partial charge in [0.1, 0.15) is 23.1 Å². The molecule has 0 radical (unpaired) electrons. The van der Waals surface area contributed by atoms with Gasteiger partial charge in [-0.2, -0.15) is 5.10 Å². The fraction of sp³-hybridized carbons (Fsp3) is 0.0556. The van der Waals surface area contributed by atoms with E-state index in [1.165, 1.54) is 17.5 Å². The predicted molar refractivity (Wildman–Crippen MR) is 103 cm³/mol. The maximum Gasteiger partial charge on any atom is 0.352 e. The summed E-state index contributed by atoms with van der Waals surface area (Å²) in [5.41, 5.74) is 0.823. The molecule has 1 aliphatic heterocycles. The van der Waals surface area contributed by atoms with Crippen molar-refractivity contribution in [3.63, 3.8) is 0 Å². The molecule has 1 aliphatic rings. The van der Waals surface area contributed by atoms with Crippen LogP contribution in [0.2, 0.25) is 5.02 Å². The first-order valence-corrected chi connectivity index (χ1v) is 9.18. The molecule has 0 saturated heterocycles. The van der Waals surface area contributed by atoms with Crippen LogP contribution in [0.5, 0.6) is 0 Å². The summed E-state index contributed by atoms with van der Waals surface area (Å²) in [7, 11) is 0. The Balaban J connectivity index is 1.69. The van der Waals surface area contributed by atoms with E-state index in [-0.39, 0.29) is 11.3 Å². The molecule has 0 aliphatic carbocycles. The van der Waals surface area contributed by atoms with E-state index in [0.717, 1.165) is 4.88 Å². The number of rotatable bonds is 4. The van der Waals surface area contributed by atoms with E-state index in [0.29, 0.717) is 16.5 Å². The van der Waals surface area contributed by atoms with E-state index in [1.54, 1.807) is 35.0 Å². The lowest BCUT2D eigenvalue weighted by Gasteiger charge is -2.23. The number of carbonyl (C=O) groups is 2. The topological polar surface area (TPSA) is 96.2 Å². The minimum atomic E-state index is -1.10. The van der Waals surface area contributed by atoms with Crippen molar-refractivity contribution in [2.75, 3.05) is 10.6 Å². The molecular formula is C18H13ClN4O3S. The van der Waals surface area contributed by atoms with E-state index in [9.17, 15) is 14.7 Å². The zero-order valence-electron chi connectivity index (χ0n) is 13.7. The van der Waals surface area contributed by atoms with Gasteiger partial charge in [0.05, 0.1) is 6.20 Å². The smallest absolute Gasteiger partial charge is 0.352 e. The van der Waals surface area contributed by atoms with Gasteiger partial charge >= 0.3 is 5.97 Å². The van der Waals surface area contributed by atoms with Gasteiger partial charge in [-0.15, -0.1) is 11.3 Å². The molecule has 1 amide bonds. The number of nitrogens with zero attached hydrogens (tertiary/aromatic N) is 2. The fourth-order valence-electron chi connectivity index (χ4n) is 2.78. The van der Waals surface area contributed by atoms with Gasteiger partial charge in [-0.25, -0.2) is 9.48 Å². The molecule has 0 bridgehead atoms. The number of anilines is 2. The van der Waals surface area contributed by atoms with Crippen molar-refractivity contribution < 1.29 is 14.7 Å². The van der Waals surface area contributed by atoms with Crippen LogP contribution in [-0.2, 0) is 4.79 Å². The van der Waals surface area contributed by atoms with Crippen molar-refractivity contribution in [3.8, 4) is 0 Å². The number of nitrogens with one attached hydrogen (secondary N) is 2. The fourth-order valence-corrected chi connectivity index (χ4v) is 3.68. The van der Waals surface area contributed by atoms with E-state index in [1.807, 2.05) is 17.5 Å². The van der Waals surface area contributed by atoms with Crippen LogP contribution in [0.1, 0.15) is 21.3 Å². The summed E-state index contributed by atoms with van der Waals surface area (Å²) in [4.78, 5) is 25.2. The molecule has 4 rings (SSSR count). The predicted octanol–water partition coefficient (Wildman–Crippen LogP) is 3.83. The Hall–Kier alpha value is -3.10. The van der Waals surface area contributed by atoms with Crippen molar-refractivity contribution >= 4 is 46.3 Å². The SMILES string of the molecule is O=C(O)C1=C[C@@H](c2cccs2)n2ncc(C(=O)Nc3ccc(Cl)cc3)c2N1. The number of benzene rings is 1. The molecule has 9 heteroatoms. The zero-order chi connectivity index (χ0) is 19.0. The first kappa shape index (κ1) is 17.3. The highest BCUT2D eigenvalue weighted by molar-refractivity contribution is 7.10. The Bertz CT molecular complexity index is 1040. The second kappa shape index (κ2) is 6.90. The molecule has 136 valence electrons. The van der Waals surface area contributed by atoms with Gasteiger partial charge in [-0.05, 0) is 41.8 Å². The van der Waals surface area contributed by atoms with Crippen LogP contribution in [-0.4, -0.2) is 26.8 Å². The number of hydrogen-bond acceptors (Lipinski definition) is 5. The number of thiophene rings is 1. The number of allylic oxidation sites excluding steroid dienone is 1. The van der Waals surface area contributed by atoms with Gasteiger partial charge < -0.3 is 15.7 Å². The lowest BCUT2D eigenvalue weighted by Crippen LogP contribution is -2.25. The molecule has 7 nitrogen and oxygen atoms in total. The molecule has 0 fully saturated rings. The Morgan fingerprint density at radius 3 is 2.70 bits per heavy atom. The minimum absolute atomic E-state index is 0.00180. The highest BCUT2D eigenvalue weighted by atomic mass is 35.5. The third-order valence-corrected chi connectivity index (χ3v) is 5.24. The first-order valence-electron chi connectivity index (χ1n) is 7.93. The molecule has 3 N–H and O–H groups in total. The van der Waals surface area contributed by atoms with Gasteiger partial charge in [0.25, 0.3) is 5.91 Å². The van der Waals surface area contributed by atoms with Crippen molar-refractivity contribution in [1.82, 2.24) is 9.78 Å². The normalized spacial score (nSPS) is 15.4. The Labute approximate surface area is 162 Å². The Kier molecular flexibility index (Phi) is 4.43. The molecule has 27 heavy (non-hydrogen) atoms. The van der Waals surface area contributed by atoms with Crippen LogP contribution in [0.3, 0.4) is 0 Å². The number of fused-ring (bicyclic) bond motifs is 1. The van der Waals surface area contributed by atoms with Crippen LogP contribution in [0.4, 0.5) is 11.5 Å². The number of carboxylic acids is 1. The molecule has 2 aromatic heterocycles. The maximum atomic E-state index is 12.7. The van der Waals surface area contributed by atoms with E-state index < -0.39 is 17.9 Å². The number of amides is 1. The van der Waals surface area contributed by atoms with Gasteiger partial charge in [0.15, 0.2) is 0 Å². The van der Waals surface area contributed by atoms with Crippen molar-refractivity contribution in [2.24, 2.45) is 0 Å². The number of aromatic nitrogens is 2. The molecule has 3 aromatic rings. The van der Waals surface area contributed by atoms with E-state index in [4.69, 9.17) is 11.6 Å². The molecule has 0 saturated carbocycles. The Morgan fingerprint density at radius 2 is 2.04 bits per heavy atom. The van der Waals surface area contributed by atoms with Crippen LogP contribution < -0.4 is 10.6 Å². The highest BCUT2D eigenvalue weighted by Crippen LogP contribution is 2.34. The quantitative estimate of drug-likeness (QED) is 0.618. The van der Waals surface area contributed by atoms with Crippen molar-refractivity contribution in [3.05, 3.63) is 75.2 Å². The Morgan fingerprint density at radius 1 is 1.26 bits per heavy atom. The lowest BCUT2D eigenvalue weighted by atomic mass is 10.1. The first-order chi connectivity index (χ1) is 13.0. The van der Waals surface area contributed by atoms with Gasteiger partial charge in [0.2, 0.25) is 0 Å². The summed E-state index contributed by atoms with van der Waals surface area (Å²) in [5.74, 6) is -1.17. The largest absolute Gasteiger partial charge is 0.477 e. The summed E-state index contributed by atoms with van der Waals surface area (Å²) >= 11 is 7.35. The number of halogens is 1. The summed E-state index contributed by atoms with van der Waals surface area (Å²) in [5, 5.41) is 21.8. The molecular weight excluding hydrogens is 388 g/mol. The second-order valence-electron chi connectivity index (χ2n) is 5.78. The molecule has 0 unspecified atom stereocenters.